The highest BCUT2D eigenvalue weighted by Gasteiger charge is 2.21. The smallest absolute Gasteiger partial charge is 0.273 e. The van der Waals surface area contributed by atoms with Crippen LogP contribution >= 0.6 is 0 Å². The van der Waals surface area contributed by atoms with Crippen molar-refractivity contribution in [2.75, 3.05) is 39.1 Å². The first-order chi connectivity index (χ1) is 16.1. The molecule has 0 radical (unpaired) electrons. The third-order valence-corrected chi connectivity index (χ3v) is 5.80. The number of carbonyl (C=O) groups is 1. The highest BCUT2D eigenvalue weighted by molar-refractivity contribution is 5.96. The molecule has 10 nitrogen and oxygen atoms in total. The maximum absolute atomic E-state index is 15.0. The second-order valence-corrected chi connectivity index (χ2v) is 7.98. The van der Waals surface area contributed by atoms with E-state index < -0.39 is 11.7 Å². The minimum atomic E-state index is -0.578. The molecule has 0 atom stereocenters. The molecule has 4 rings (SSSR count). The van der Waals surface area contributed by atoms with Crippen LogP contribution in [0.15, 0.2) is 37.2 Å². The van der Waals surface area contributed by atoms with E-state index in [1.807, 2.05) is 0 Å². The van der Waals surface area contributed by atoms with Crippen molar-refractivity contribution in [3.8, 4) is 11.4 Å². The summed E-state index contributed by atoms with van der Waals surface area (Å²) in [6, 6.07) is 3.17. The van der Waals surface area contributed by atoms with Crippen molar-refractivity contribution >= 4 is 11.7 Å². The number of nitrogens with zero attached hydrogens (tertiary/aromatic N) is 6. The third kappa shape index (κ3) is 5.25. The van der Waals surface area contributed by atoms with Gasteiger partial charge in [0.15, 0.2) is 23.1 Å². The molecule has 1 aliphatic rings. The molecule has 1 fully saturated rings. The summed E-state index contributed by atoms with van der Waals surface area (Å²) < 4.78 is 21.6. The van der Waals surface area contributed by atoms with Crippen LogP contribution in [-0.2, 0) is 6.54 Å². The first kappa shape index (κ1) is 22.6. The molecule has 174 valence electrons. The van der Waals surface area contributed by atoms with Crippen molar-refractivity contribution in [1.29, 1.82) is 0 Å². The number of piperidine rings is 1. The summed E-state index contributed by atoms with van der Waals surface area (Å²) in [7, 11) is 3.51. The number of likely N-dealkylation sites (tertiary alicyclic amines) is 1. The maximum atomic E-state index is 15.0. The van der Waals surface area contributed by atoms with E-state index in [9.17, 15) is 4.79 Å². The predicted octanol–water partition coefficient (Wildman–Crippen LogP) is 1.89. The lowest BCUT2D eigenvalue weighted by Gasteiger charge is -2.29. The molecule has 3 aromatic rings. The molecular formula is C22H27FN8O2. The normalized spacial score (nSPS) is 14.8. The molecule has 1 saturated heterocycles. The molecule has 0 bridgehead atoms. The lowest BCUT2D eigenvalue weighted by Crippen LogP contribution is -2.33. The number of hydrogen-bond donors (Lipinski definition) is 2. The van der Waals surface area contributed by atoms with E-state index in [1.54, 1.807) is 6.07 Å². The number of ether oxygens (including phenoxy) is 1. The fourth-order valence-corrected chi connectivity index (χ4v) is 3.86. The van der Waals surface area contributed by atoms with Gasteiger partial charge < -0.3 is 20.3 Å². The molecule has 33 heavy (non-hydrogen) atoms. The van der Waals surface area contributed by atoms with E-state index in [2.05, 4.69) is 42.6 Å². The topological polar surface area (TPSA) is 110 Å². The molecule has 2 aromatic heterocycles. The van der Waals surface area contributed by atoms with Gasteiger partial charge >= 0.3 is 0 Å². The first-order valence-electron chi connectivity index (χ1n) is 10.8. The van der Waals surface area contributed by atoms with E-state index in [-0.39, 0.29) is 23.6 Å². The number of benzene rings is 1. The van der Waals surface area contributed by atoms with Crippen LogP contribution in [0.1, 0.15) is 28.9 Å². The van der Waals surface area contributed by atoms with Gasteiger partial charge in [-0.3, -0.25) is 4.79 Å². The van der Waals surface area contributed by atoms with E-state index in [0.717, 1.165) is 25.9 Å². The summed E-state index contributed by atoms with van der Waals surface area (Å²) >= 11 is 0. The number of halogens is 1. The largest absolute Gasteiger partial charge is 0.494 e. The Morgan fingerprint density at radius 1 is 1.24 bits per heavy atom. The minimum Gasteiger partial charge on any atom is -0.494 e. The van der Waals surface area contributed by atoms with Gasteiger partial charge in [-0.2, -0.15) is 5.10 Å². The number of aromatic nitrogens is 5. The van der Waals surface area contributed by atoms with Gasteiger partial charge in [0.25, 0.3) is 5.91 Å². The Hall–Kier alpha value is -3.60. The molecule has 0 saturated carbocycles. The minimum absolute atomic E-state index is 0.0723. The van der Waals surface area contributed by atoms with Crippen LogP contribution in [0, 0.1) is 11.7 Å². The van der Waals surface area contributed by atoms with Gasteiger partial charge in [-0.15, -0.1) is 0 Å². The summed E-state index contributed by atoms with van der Waals surface area (Å²) in [5, 5.41) is 10.1. The van der Waals surface area contributed by atoms with Crippen LogP contribution in [0.2, 0.25) is 0 Å². The maximum Gasteiger partial charge on any atom is 0.273 e. The number of methoxy groups -OCH3 is 1. The lowest BCUT2D eigenvalue weighted by molar-refractivity contribution is 0.0946. The van der Waals surface area contributed by atoms with Gasteiger partial charge in [0.05, 0.1) is 12.8 Å². The van der Waals surface area contributed by atoms with Crippen molar-refractivity contribution in [3.63, 3.8) is 0 Å². The Balaban J connectivity index is 1.48. The first-order valence-corrected chi connectivity index (χ1v) is 10.8. The fraction of sp³-hybridized carbons (Fsp3) is 0.409. The molecule has 11 heteroatoms. The Kier molecular flexibility index (Phi) is 7.08. The van der Waals surface area contributed by atoms with E-state index in [0.29, 0.717) is 24.0 Å². The molecule has 0 aliphatic carbocycles. The SMILES string of the molecule is COc1ccc(-n2cncn2)c(CNC(=O)c2nccnc2NCC2CCN(C)CC2)c1F. The van der Waals surface area contributed by atoms with Gasteiger partial charge in [-0.05, 0) is 51.0 Å². The average Bonchev–Trinajstić information content (AvgIpc) is 3.37. The van der Waals surface area contributed by atoms with Crippen LogP contribution in [0.25, 0.3) is 5.69 Å². The van der Waals surface area contributed by atoms with Gasteiger partial charge in [-0.25, -0.2) is 24.0 Å². The van der Waals surface area contributed by atoms with Gasteiger partial charge in [0.1, 0.15) is 12.7 Å². The van der Waals surface area contributed by atoms with Gasteiger partial charge in [0, 0.05) is 31.0 Å². The van der Waals surface area contributed by atoms with Crippen molar-refractivity contribution in [1.82, 2.24) is 34.9 Å². The lowest BCUT2D eigenvalue weighted by atomic mass is 9.97. The van der Waals surface area contributed by atoms with Crippen LogP contribution in [0.5, 0.6) is 5.75 Å². The number of anilines is 1. The third-order valence-electron chi connectivity index (χ3n) is 5.80. The molecule has 2 N–H and O–H groups in total. The summed E-state index contributed by atoms with van der Waals surface area (Å²) in [4.78, 5) is 27.7. The van der Waals surface area contributed by atoms with E-state index in [4.69, 9.17) is 4.74 Å². The van der Waals surface area contributed by atoms with Crippen molar-refractivity contribution in [2.24, 2.45) is 5.92 Å². The van der Waals surface area contributed by atoms with Gasteiger partial charge in [0.2, 0.25) is 0 Å². The monoisotopic (exact) mass is 454 g/mol. The van der Waals surface area contributed by atoms with E-state index >= 15 is 4.39 Å². The number of hydrogen-bond acceptors (Lipinski definition) is 8. The van der Waals surface area contributed by atoms with Crippen LogP contribution in [-0.4, -0.2) is 69.3 Å². The van der Waals surface area contributed by atoms with Crippen molar-refractivity contribution in [3.05, 3.63) is 54.3 Å². The highest BCUT2D eigenvalue weighted by Crippen LogP contribution is 2.26. The van der Waals surface area contributed by atoms with Crippen LogP contribution < -0.4 is 15.4 Å². The van der Waals surface area contributed by atoms with E-state index in [1.165, 1.54) is 42.9 Å². The fourth-order valence-electron chi connectivity index (χ4n) is 3.86. The molecule has 1 aliphatic heterocycles. The zero-order valence-electron chi connectivity index (χ0n) is 18.7. The zero-order valence-corrected chi connectivity index (χ0v) is 18.7. The Morgan fingerprint density at radius 3 is 2.76 bits per heavy atom. The molecule has 1 amide bonds. The zero-order chi connectivity index (χ0) is 23.2. The Bertz CT molecular complexity index is 1080. The number of rotatable bonds is 8. The average molecular weight is 455 g/mol. The second kappa shape index (κ2) is 10.3. The number of amides is 1. The quantitative estimate of drug-likeness (QED) is 0.531. The summed E-state index contributed by atoms with van der Waals surface area (Å²) in [6.45, 7) is 2.73. The Labute approximate surface area is 191 Å². The summed E-state index contributed by atoms with van der Waals surface area (Å²) in [5.41, 5.74) is 0.833. The van der Waals surface area contributed by atoms with Crippen LogP contribution in [0.3, 0.4) is 0 Å². The molecule has 0 spiro atoms. The molecule has 1 aromatic carbocycles. The van der Waals surface area contributed by atoms with Crippen molar-refractivity contribution < 1.29 is 13.9 Å². The Morgan fingerprint density at radius 2 is 2.03 bits per heavy atom. The number of nitrogens with one attached hydrogen (secondary N) is 2. The van der Waals surface area contributed by atoms with Gasteiger partial charge in [-0.1, -0.05) is 0 Å². The second-order valence-electron chi connectivity index (χ2n) is 7.98. The molecule has 0 unspecified atom stereocenters. The molecule has 3 heterocycles. The summed E-state index contributed by atoms with van der Waals surface area (Å²) in [6.07, 6.45) is 7.99. The summed E-state index contributed by atoms with van der Waals surface area (Å²) in [5.74, 6) is -0.0406. The predicted molar refractivity (Wildman–Crippen MR) is 120 cm³/mol. The number of carbonyl (C=O) groups excluding carboxylic acids is 1. The van der Waals surface area contributed by atoms with Crippen molar-refractivity contribution in [2.45, 2.75) is 19.4 Å². The van der Waals surface area contributed by atoms with Crippen LogP contribution in [0.4, 0.5) is 10.2 Å². The standard InChI is InChI=1S/C22H27FN8O2/c1-30-9-5-15(6-10-30)11-27-21-20(25-7-8-26-21)22(32)28-12-16-17(31-14-24-13-29-31)3-4-18(33-2)19(16)23/h3-4,7-8,13-15H,5-6,9-12H2,1-2H3,(H,26,27)(H,28,32). The highest BCUT2D eigenvalue weighted by atomic mass is 19.1. The molecular weight excluding hydrogens is 427 g/mol.